The normalized spacial score (nSPS) is 15.8. The molecule has 15 heteroatoms. The van der Waals surface area contributed by atoms with Gasteiger partial charge in [-0.05, 0) is 24.6 Å². The van der Waals surface area contributed by atoms with Crippen LogP contribution < -0.4 is 15.3 Å². The van der Waals surface area contributed by atoms with Gasteiger partial charge in [0.25, 0.3) is 5.91 Å². The van der Waals surface area contributed by atoms with Gasteiger partial charge in [0.2, 0.25) is 11.8 Å². The highest BCUT2D eigenvalue weighted by Crippen LogP contribution is 2.14. The van der Waals surface area contributed by atoms with Crippen LogP contribution in [0.3, 0.4) is 0 Å². The molecule has 0 atom stereocenters. The minimum Gasteiger partial charge on any atom is -0.542 e. The zero-order valence-electron chi connectivity index (χ0n) is 18.4. The molecule has 2 N–H and O–H groups in total. The van der Waals surface area contributed by atoms with Crippen LogP contribution in [0.1, 0.15) is 21.9 Å². The molecule has 1 amide bonds. The van der Waals surface area contributed by atoms with Crippen molar-refractivity contribution in [3.63, 3.8) is 0 Å². The van der Waals surface area contributed by atoms with Crippen molar-refractivity contribution in [1.82, 2.24) is 19.4 Å². The first-order chi connectivity index (χ1) is 16.4. The van der Waals surface area contributed by atoms with Crippen LogP contribution in [0, 0.1) is 6.92 Å². The Morgan fingerprint density at radius 1 is 1.17 bits per heavy atom. The molecule has 3 aromatic rings. The number of carbonyl (C=O) groups is 2. The van der Waals surface area contributed by atoms with E-state index in [2.05, 4.69) is 20.3 Å². The first-order valence-electron chi connectivity index (χ1n) is 10.2. The van der Waals surface area contributed by atoms with Crippen molar-refractivity contribution in [2.45, 2.75) is 19.6 Å². The number of carboxylic acids is 1. The number of anilines is 1. The Morgan fingerprint density at radius 3 is 2.34 bits per heavy atom. The molecule has 0 spiro atoms. The number of aliphatic carboxylic acids is 1. The van der Waals surface area contributed by atoms with Crippen LogP contribution in [0.15, 0.2) is 36.8 Å². The number of aromatic nitrogens is 4. The summed E-state index contributed by atoms with van der Waals surface area (Å²) in [5, 5.41) is 11.5. The van der Waals surface area contributed by atoms with Crippen LogP contribution in [0.4, 0.5) is 19.1 Å². The molecule has 0 unspecified atom stereocenters. The Balaban J connectivity index is 0.000000429. The van der Waals surface area contributed by atoms with E-state index in [-0.39, 0.29) is 23.3 Å². The number of rotatable bonds is 4. The highest BCUT2D eigenvalue weighted by molar-refractivity contribution is 7.91. The van der Waals surface area contributed by atoms with E-state index in [0.29, 0.717) is 19.6 Å². The van der Waals surface area contributed by atoms with E-state index in [1.165, 1.54) is 0 Å². The topological polar surface area (TPSA) is 151 Å². The lowest BCUT2D eigenvalue weighted by Gasteiger charge is -2.22. The van der Waals surface area contributed by atoms with Crippen LogP contribution in [0.25, 0.3) is 5.52 Å². The van der Waals surface area contributed by atoms with Gasteiger partial charge in [0.1, 0.15) is 18.2 Å². The summed E-state index contributed by atoms with van der Waals surface area (Å²) in [4.78, 5) is 35.4. The van der Waals surface area contributed by atoms with Crippen molar-refractivity contribution in [2.24, 2.45) is 0 Å². The van der Waals surface area contributed by atoms with E-state index in [1.54, 1.807) is 23.0 Å². The summed E-state index contributed by atoms with van der Waals surface area (Å²) < 4.78 is 56.6. The third kappa shape index (κ3) is 6.95. The van der Waals surface area contributed by atoms with Crippen LogP contribution >= 0.6 is 0 Å². The van der Waals surface area contributed by atoms with Gasteiger partial charge in [-0.2, -0.15) is 13.2 Å². The zero-order chi connectivity index (χ0) is 25.8. The number of halogens is 3. The predicted molar refractivity (Wildman–Crippen MR) is 114 cm³/mol. The number of alkyl halides is 3. The van der Waals surface area contributed by atoms with E-state index in [0.717, 1.165) is 21.7 Å². The second-order valence-electron chi connectivity index (χ2n) is 7.74. The maximum absolute atomic E-state index is 12.7. The molecule has 0 radical (unpaired) electrons. The van der Waals surface area contributed by atoms with E-state index in [1.807, 2.05) is 25.1 Å². The number of amides is 1. The van der Waals surface area contributed by atoms with Crippen molar-refractivity contribution in [1.29, 1.82) is 0 Å². The number of imidazole rings is 1. The molecule has 4 heterocycles. The van der Waals surface area contributed by atoms with Gasteiger partial charge in [-0.15, -0.1) is 0 Å². The van der Waals surface area contributed by atoms with Crippen molar-refractivity contribution in [2.75, 3.05) is 29.9 Å². The molecule has 11 nitrogen and oxygen atoms in total. The zero-order valence-corrected chi connectivity index (χ0v) is 19.2. The summed E-state index contributed by atoms with van der Waals surface area (Å²) in [6.07, 6.45) is -0.149. The standard InChI is InChI=1S/C18H20N6O3S.C2HF3O2/c1-13-10-19-18(20-11-13)22-17(25)16-21-14(15-4-2-3-5-24(15)16)12-23-6-8-28(26,27)9-7-23;3-2(4,5)1(6)7/h2-5,10-11H,6-9,12H2,1H3,(H,19,20,22,25);(H,6,7). The lowest BCUT2D eigenvalue weighted by atomic mass is 10.3. The van der Waals surface area contributed by atoms with Gasteiger partial charge in [0, 0.05) is 18.6 Å². The molecule has 4 rings (SSSR count). The summed E-state index contributed by atoms with van der Waals surface area (Å²) in [5.74, 6) is -2.56. The Labute approximate surface area is 197 Å². The molecule has 35 heavy (non-hydrogen) atoms. The number of hydrogen-bond donors (Lipinski definition) is 2. The van der Waals surface area contributed by atoms with Crippen molar-refractivity contribution in [3.05, 3.63) is 53.9 Å². The first kappa shape index (κ1) is 26.0. The van der Waals surface area contributed by atoms with Crippen molar-refractivity contribution in [3.8, 4) is 0 Å². The maximum atomic E-state index is 12.7. The van der Waals surface area contributed by atoms with Crippen LogP contribution in [0.5, 0.6) is 0 Å². The number of fused-ring (bicyclic) bond motifs is 1. The molecule has 0 bridgehead atoms. The first-order valence-corrected chi connectivity index (χ1v) is 12.1. The average molecular weight is 514 g/mol. The van der Waals surface area contributed by atoms with Gasteiger partial charge in [-0.3, -0.25) is 14.5 Å². The number of pyridine rings is 1. The van der Waals surface area contributed by atoms with Crippen LogP contribution in [0.2, 0.25) is 0 Å². The third-order valence-electron chi connectivity index (χ3n) is 5.02. The molecular formula is C20H21F3N6O5S. The molecule has 0 aromatic carbocycles. The number of quaternary nitrogens is 1. The second kappa shape index (κ2) is 10.4. The smallest absolute Gasteiger partial charge is 0.430 e. The van der Waals surface area contributed by atoms with E-state index in [9.17, 15) is 26.4 Å². The Kier molecular flexibility index (Phi) is 7.70. The molecule has 3 aromatic heterocycles. The molecule has 1 aliphatic heterocycles. The molecule has 1 saturated heterocycles. The summed E-state index contributed by atoms with van der Waals surface area (Å²) in [6, 6.07) is 5.63. The highest BCUT2D eigenvalue weighted by atomic mass is 32.2. The second-order valence-corrected chi connectivity index (χ2v) is 10.0. The van der Waals surface area contributed by atoms with Gasteiger partial charge in [0.05, 0.1) is 30.1 Å². The predicted octanol–water partition coefficient (Wildman–Crippen LogP) is -1.20. The quantitative estimate of drug-likeness (QED) is 0.441. The number of aryl methyl sites for hydroxylation is 1. The third-order valence-corrected chi connectivity index (χ3v) is 6.67. The average Bonchev–Trinajstić information content (AvgIpc) is 3.15. The molecule has 1 aliphatic rings. The fourth-order valence-electron chi connectivity index (χ4n) is 3.25. The van der Waals surface area contributed by atoms with Gasteiger partial charge in [-0.25, -0.2) is 23.4 Å². The number of nitrogens with zero attached hydrogens (tertiary/aromatic N) is 4. The molecular weight excluding hydrogens is 493 g/mol. The fourth-order valence-corrected chi connectivity index (χ4v) is 4.65. The number of sulfone groups is 1. The molecule has 0 aliphatic carbocycles. The number of carbonyl (C=O) groups excluding carboxylic acids is 2. The van der Waals surface area contributed by atoms with Gasteiger partial charge >= 0.3 is 6.18 Å². The minimum absolute atomic E-state index is 0.187. The number of nitrogens with one attached hydrogen (secondary N) is 2. The maximum Gasteiger partial charge on any atom is 0.430 e. The summed E-state index contributed by atoms with van der Waals surface area (Å²) in [5.41, 5.74) is 2.50. The molecule has 0 saturated carbocycles. The van der Waals surface area contributed by atoms with E-state index < -0.39 is 27.9 Å². The summed E-state index contributed by atoms with van der Waals surface area (Å²) in [7, 11) is -2.92. The van der Waals surface area contributed by atoms with E-state index >= 15 is 0 Å². The fraction of sp³-hybridized carbons (Fsp3) is 0.350. The van der Waals surface area contributed by atoms with Crippen molar-refractivity contribution < 1.29 is 41.2 Å². The van der Waals surface area contributed by atoms with Gasteiger partial charge in [-0.1, -0.05) is 6.07 Å². The number of hydrogen-bond acceptors (Lipinski definition) is 8. The summed E-state index contributed by atoms with van der Waals surface area (Å²) in [6.45, 7) is 3.53. The SMILES string of the molecule is Cc1cnc(NC(=O)c2nc(C[NH+]3CCS(=O)(=O)CC3)c3ccccn23)nc1.O=C([O-])C(F)(F)F. The van der Waals surface area contributed by atoms with Gasteiger partial charge in [0.15, 0.2) is 9.84 Å². The molecule has 1 fully saturated rings. The van der Waals surface area contributed by atoms with Crippen LogP contribution in [-0.4, -0.2) is 70.4 Å². The van der Waals surface area contributed by atoms with E-state index in [4.69, 9.17) is 9.90 Å². The number of carboxylic acid groups (broad SMARTS) is 1. The van der Waals surface area contributed by atoms with Crippen molar-refractivity contribution >= 4 is 33.2 Å². The lowest BCUT2D eigenvalue weighted by molar-refractivity contribution is -0.910. The van der Waals surface area contributed by atoms with Crippen LogP contribution in [-0.2, 0) is 21.2 Å². The monoisotopic (exact) mass is 514 g/mol. The highest BCUT2D eigenvalue weighted by Gasteiger charge is 2.29. The Hall–Kier alpha value is -3.59. The largest absolute Gasteiger partial charge is 0.542 e. The van der Waals surface area contributed by atoms with Gasteiger partial charge < -0.3 is 14.8 Å². The molecule has 188 valence electrons. The Bertz CT molecular complexity index is 1310. The lowest BCUT2D eigenvalue weighted by Crippen LogP contribution is -3.13. The Morgan fingerprint density at radius 2 is 1.77 bits per heavy atom. The summed E-state index contributed by atoms with van der Waals surface area (Å²) >= 11 is 0. The minimum atomic E-state index is -5.19.